The average Bonchev–Trinajstić information content (AvgIpc) is 2.52. The molecule has 0 unspecified atom stereocenters. The maximum atomic E-state index is 12.6. The molecule has 8 nitrogen and oxygen atoms in total. The standard InChI is InChI=1S/C14H18N2O6S/c15-23(20,21)12-3-1-10(2-4-12)14(19)16(9-13(17)18)11-5-7-22-8-6-11/h1-4,11H,5-9H2,(H,17,18)(H2,15,20,21). The summed E-state index contributed by atoms with van der Waals surface area (Å²) in [6.45, 7) is 0.525. The van der Waals surface area contributed by atoms with Gasteiger partial charge < -0.3 is 14.7 Å². The van der Waals surface area contributed by atoms with E-state index < -0.39 is 28.4 Å². The Morgan fingerprint density at radius 1 is 1.22 bits per heavy atom. The highest BCUT2D eigenvalue weighted by molar-refractivity contribution is 7.89. The Morgan fingerprint density at radius 3 is 2.26 bits per heavy atom. The molecular weight excluding hydrogens is 324 g/mol. The minimum Gasteiger partial charge on any atom is -0.480 e. The lowest BCUT2D eigenvalue weighted by Crippen LogP contribution is -2.46. The molecule has 23 heavy (non-hydrogen) atoms. The number of carbonyl (C=O) groups is 2. The number of carbonyl (C=O) groups excluding carboxylic acids is 1. The van der Waals surface area contributed by atoms with Crippen molar-refractivity contribution in [1.29, 1.82) is 0 Å². The molecular formula is C14H18N2O6S. The fourth-order valence-corrected chi connectivity index (χ4v) is 2.98. The van der Waals surface area contributed by atoms with Gasteiger partial charge in [-0.05, 0) is 37.1 Å². The largest absolute Gasteiger partial charge is 0.480 e. The van der Waals surface area contributed by atoms with E-state index in [4.69, 9.17) is 15.0 Å². The fraction of sp³-hybridized carbons (Fsp3) is 0.429. The predicted molar refractivity (Wildman–Crippen MR) is 80.3 cm³/mol. The Balaban J connectivity index is 2.23. The first kappa shape index (κ1) is 17.4. The maximum Gasteiger partial charge on any atom is 0.323 e. The van der Waals surface area contributed by atoms with Crippen LogP contribution in [0.5, 0.6) is 0 Å². The first-order chi connectivity index (χ1) is 10.8. The molecule has 0 spiro atoms. The van der Waals surface area contributed by atoms with Crippen LogP contribution in [0.25, 0.3) is 0 Å². The molecule has 0 atom stereocenters. The summed E-state index contributed by atoms with van der Waals surface area (Å²) in [6, 6.07) is 4.90. The smallest absolute Gasteiger partial charge is 0.323 e. The number of carboxylic acids is 1. The molecule has 9 heteroatoms. The molecule has 1 aliphatic heterocycles. The topological polar surface area (TPSA) is 127 Å². The van der Waals surface area contributed by atoms with Gasteiger partial charge in [0.25, 0.3) is 5.91 Å². The molecule has 0 radical (unpaired) electrons. The van der Waals surface area contributed by atoms with Gasteiger partial charge in [-0.2, -0.15) is 0 Å². The summed E-state index contributed by atoms with van der Waals surface area (Å²) in [4.78, 5) is 24.8. The van der Waals surface area contributed by atoms with E-state index >= 15 is 0 Å². The summed E-state index contributed by atoms with van der Waals surface area (Å²) >= 11 is 0. The van der Waals surface area contributed by atoms with Gasteiger partial charge in [0.05, 0.1) is 4.90 Å². The Morgan fingerprint density at radius 2 is 1.78 bits per heavy atom. The van der Waals surface area contributed by atoms with Crippen molar-refractivity contribution in [2.45, 2.75) is 23.8 Å². The zero-order chi connectivity index (χ0) is 17.0. The number of aliphatic carboxylic acids is 1. The van der Waals surface area contributed by atoms with Crippen molar-refractivity contribution in [2.24, 2.45) is 5.14 Å². The van der Waals surface area contributed by atoms with E-state index in [1.165, 1.54) is 29.2 Å². The predicted octanol–water partition coefficient (Wildman–Crippen LogP) is 0.0398. The number of benzene rings is 1. The van der Waals surface area contributed by atoms with Crippen molar-refractivity contribution >= 4 is 21.9 Å². The van der Waals surface area contributed by atoms with E-state index in [1.54, 1.807) is 0 Å². The number of nitrogens with two attached hydrogens (primary N) is 1. The first-order valence-corrected chi connectivity index (χ1v) is 8.57. The van der Waals surface area contributed by atoms with Gasteiger partial charge in [-0.3, -0.25) is 9.59 Å². The number of rotatable bonds is 5. The molecule has 1 fully saturated rings. The van der Waals surface area contributed by atoms with Crippen molar-refractivity contribution in [3.63, 3.8) is 0 Å². The van der Waals surface area contributed by atoms with Crippen LogP contribution in [0.4, 0.5) is 0 Å². The Hall–Kier alpha value is -1.97. The number of carboxylic acid groups (broad SMARTS) is 1. The lowest BCUT2D eigenvalue weighted by molar-refractivity contribution is -0.138. The van der Waals surface area contributed by atoms with Gasteiger partial charge in [0.15, 0.2) is 0 Å². The molecule has 3 N–H and O–H groups in total. The molecule has 0 aliphatic carbocycles. The first-order valence-electron chi connectivity index (χ1n) is 7.02. The van der Waals surface area contributed by atoms with Crippen molar-refractivity contribution < 1.29 is 27.9 Å². The van der Waals surface area contributed by atoms with Crippen LogP contribution in [0, 0.1) is 0 Å². The Bertz CT molecular complexity index is 680. The van der Waals surface area contributed by atoms with Crippen LogP contribution < -0.4 is 5.14 Å². The quantitative estimate of drug-likeness (QED) is 0.778. The van der Waals surface area contributed by atoms with Crippen molar-refractivity contribution in [1.82, 2.24) is 4.90 Å². The van der Waals surface area contributed by atoms with Gasteiger partial charge >= 0.3 is 5.97 Å². The monoisotopic (exact) mass is 342 g/mol. The van der Waals surface area contributed by atoms with Gasteiger partial charge in [-0.25, -0.2) is 13.6 Å². The molecule has 1 heterocycles. The third kappa shape index (κ3) is 4.50. The normalized spacial score (nSPS) is 16.0. The average molecular weight is 342 g/mol. The van der Waals surface area contributed by atoms with Crippen LogP contribution >= 0.6 is 0 Å². The van der Waals surface area contributed by atoms with Crippen LogP contribution in [0.2, 0.25) is 0 Å². The SMILES string of the molecule is NS(=O)(=O)c1ccc(C(=O)N(CC(=O)O)C2CCOCC2)cc1. The van der Waals surface area contributed by atoms with Crippen LogP contribution in [-0.2, 0) is 19.6 Å². The lowest BCUT2D eigenvalue weighted by Gasteiger charge is -2.33. The summed E-state index contributed by atoms with van der Waals surface area (Å²) < 4.78 is 27.7. The van der Waals surface area contributed by atoms with E-state index in [2.05, 4.69) is 0 Å². The zero-order valence-corrected chi connectivity index (χ0v) is 13.2. The molecule has 2 rings (SSSR count). The number of amides is 1. The number of hydrogen-bond acceptors (Lipinski definition) is 5. The van der Waals surface area contributed by atoms with Crippen molar-refractivity contribution in [3.8, 4) is 0 Å². The number of hydrogen-bond donors (Lipinski definition) is 2. The molecule has 0 aromatic heterocycles. The van der Waals surface area contributed by atoms with E-state index in [9.17, 15) is 18.0 Å². The number of sulfonamides is 1. The second kappa shape index (κ2) is 7.07. The summed E-state index contributed by atoms with van der Waals surface area (Å²) in [7, 11) is -3.84. The highest BCUT2D eigenvalue weighted by Crippen LogP contribution is 2.18. The van der Waals surface area contributed by atoms with Gasteiger partial charge in [-0.15, -0.1) is 0 Å². The third-order valence-corrected chi connectivity index (χ3v) is 4.56. The summed E-state index contributed by atoms with van der Waals surface area (Å²) in [6.07, 6.45) is 1.13. The molecule has 1 aromatic carbocycles. The van der Waals surface area contributed by atoms with Crippen molar-refractivity contribution in [3.05, 3.63) is 29.8 Å². The van der Waals surface area contributed by atoms with Crippen LogP contribution in [0.15, 0.2) is 29.2 Å². The number of nitrogens with zero attached hydrogens (tertiary/aromatic N) is 1. The second-order valence-corrected chi connectivity index (χ2v) is 6.80. The van der Waals surface area contributed by atoms with E-state index in [1.807, 2.05) is 0 Å². The van der Waals surface area contributed by atoms with E-state index in [0.717, 1.165) is 0 Å². The molecule has 1 aromatic rings. The highest BCUT2D eigenvalue weighted by Gasteiger charge is 2.28. The fourth-order valence-electron chi connectivity index (χ4n) is 2.46. The summed E-state index contributed by atoms with van der Waals surface area (Å²) in [5.41, 5.74) is 0.213. The lowest BCUT2D eigenvalue weighted by atomic mass is 10.1. The van der Waals surface area contributed by atoms with Crippen LogP contribution in [0.3, 0.4) is 0 Å². The third-order valence-electron chi connectivity index (χ3n) is 3.63. The summed E-state index contributed by atoms with van der Waals surface area (Å²) in [5, 5.41) is 14.1. The molecule has 1 aliphatic rings. The van der Waals surface area contributed by atoms with Crippen molar-refractivity contribution in [2.75, 3.05) is 19.8 Å². The van der Waals surface area contributed by atoms with Crippen LogP contribution in [0.1, 0.15) is 23.2 Å². The minimum atomic E-state index is -3.84. The van der Waals surface area contributed by atoms with Gasteiger partial charge in [-0.1, -0.05) is 0 Å². The molecule has 1 saturated heterocycles. The molecule has 0 saturated carbocycles. The van der Waals surface area contributed by atoms with E-state index in [-0.39, 0.29) is 16.5 Å². The van der Waals surface area contributed by atoms with Gasteiger partial charge in [0.2, 0.25) is 10.0 Å². The molecule has 0 bridgehead atoms. The second-order valence-electron chi connectivity index (χ2n) is 5.24. The highest BCUT2D eigenvalue weighted by atomic mass is 32.2. The van der Waals surface area contributed by atoms with Crippen LogP contribution in [-0.4, -0.2) is 56.1 Å². The van der Waals surface area contributed by atoms with E-state index in [0.29, 0.717) is 26.1 Å². The summed E-state index contributed by atoms with van der Waals surface area (Å²) in [5.74, 6) is -1.56. The number of primary sulfonamides is 1. The number of ether oxygens (including phenoxy) is 1. The molecule has 1 amide bonds. The van der Waals surface area contributed by atoms with Gasteiger partial charge in [0.1, 0.15) is 6.54 Å². The zero-order valence-electron chi connectivity index (χ0n) is 12.3. The Kier molecular flexibility index (Phi) is 5.34. The maximum absolute atomic E-state index is 12.6. The Labute approximate surface area is 133 Å². The minimum absolute atomic E-state index is 0.107. The molecule has 126 valence electrons. The van der Waals surface area contributed by atoms with Gasteiger partial charge in [0, 0.05) is 24.8 Å².